The van der Waals surface area contributed by atoms with Gasteiger partial charge in [0.05, 0.1) is 11.4 Å². The van der Waals surface area contributed by atoms with E-state index in [0.29, 0.717) is 0 Å². The van der Waals surface area contributed by atoms with Crippen LogP contribution in [0.5, 0.6) is 0 Å². The molecule has 0 unspecified atom stereocenters. The zero-order chi connectivity index (χ0) is 33.0. The Hall–Kier alpha value is -6.71. The first-order valence-corrected chi connectivity index (χ1v) is 16.9. The number of furan rings is 2. The second kappa shape index (κ2) is 11.5. The summed E-state index contributed by atoms with van der Waals surface area (Å²) in [5, 5.41) is 6.73. The molecular formula is C47H29NO2. The van der Waals surface area contributed by atoms with Crippen molar-refractivity contribution in [2.24, 2.45) is 4.99 Å². The third-order valence-electron chi connectivity index (χ3n) is 9.71. The highest BCUT2D eigenvalue weighted by Crippen LogP contribution is 2.42. The van der Waals surface area contributed by atoms with Gasteiger partial charge < -0.3 is 8.83 Å². The Morgan fingerprint density at radius 3 is 1.94 bits per heavy atom. The largest absolute Gasteiger partial charge is 0.456 e. The highest BCUT2D eigenvalue weighted by Gasteiger charge is 2.19. The van der Waals surface area contributed by atoms with Crippen LogP contribution in [0.15, 0.2) is 190 Å². The van der Waals surface area contributed by atoms with Gasteiger partial charge in [0.15, 0.2) is 0 Å². The van der Waals surface area contributed by atoms with Crippen molar-refractivity contribution in [3.05, 3.63) is 193 Å². The maximum absolute atomic E-state index is 6.64. The van der Waals surface area contributed by atoms with Gasteiger partial charge in [-0.15, -0.1) is 0 Å². The Bertz CT molecular complexity index is 2860. The summed E-state index contributed by atoms with van der Waals surface area (Å²) in [6.45, 7) is 0. The van der Waals surface area contributed by atoms with Gasteiger partial charge >= 0.3 is 0 Å². The number of hydrogen-bond acceptors (Lipinski definition) is 3. The van der Waals surface area contributed by atoms with E-state index in [-0.39, 0.29) is 0 Å². The molecular weight excluding hydrogens is 611 g/mol. The first-order valence-electron chi connectivity index (χ1n) is 16.9. The summed E-state index contributed by atoms with van der Waals surface area (Å²) in [5.41, 5.74) is 11.7. The van der Waals surface area contributed by atoms with Crippen LogP contribution in [0.2, 0.25) is 0 Å². The second-order valence-corrected chi connectivity index (χ2v) is 12.7. The van der Waals surface area contributed by atoms with Crippen LogP contribution in [0.4, 0.5) is 0 Å². The summed E-state index contributed by atoms with van der Waals surface area (Å²) in [6, 6.07) is 52.7. The van der Waals surface area contributed by atoms with E-state index in [9.17, 15) is 0 Å². The molecule has 0 bridgehead atoms. The van der Waals surface area contributed by atoms with Gasteiger partial charge in [0.1, 0.15) is 22.3 Å². The fraction of sp³-hybridized carbons (Fsp3) is 0. The average Bonchev–Trinajstić information content (AvgIpc) is 3.73. The summed E-state index contributed by atoms with van der Waals surface area (Å²) >= 11 is 0. The topological polar surface area (TPSA) is 38.6 Å². The molecule has 3 nitrogen and oxygen atoms in total. The fourth-order valence-corrected chi connectivity index (χ4v) is 7.39. The first-order chi connectivity index (χ1) is 24.8. The van der Waals surface area contributed by atoms with Crippen LogP contribution in [-0.4, -0.2) is 5.71 Å². The molecule has 2 aromatic heterocycles. The van der Waals surface area contributed by atoms with Crippen molar-refractivity contribution in [3.63, 3.8) is 0 Å². The van der Waals surface area contributed by atoms with Gasteiger partial charge in [0.2, 0.25) is 0 Å². The maximum Gasteiger partial charge on any atom is 0.136 e. The normalized spacial score (nSPS) is 14.5. The van der Waals surface area contributed by atoms with Crippen molar-refractivity contribution in [1.29, 1.82) is 0 Å². The average molecular weight is 640 g/mol. The van der Waals surface area contributed by atoms with E-state index in [4.69, 9.17) is 13.8 Å². The maximum atomic E-state index is 6.64. The van der Waals surface area contributed by atoms with E-state index in [2.05, 4.69) is 146 Å². The number of aliphatic imine (C=N–C) groups is 1. The monoisotopic (exact) mass is 639 g/mol. The minimum Gasteiger partial charge on any atom is -0.456 e. The Morgan fingerprint density at radius 1 is 0.420 bits per heavy atom. The molecule has 3 heterocycles. The molecule has 0 N–H and O–H groups in total. The smallest absolute Gasteiger partial charge is 0.136 e. The van der Waals surface area contributed by atoms with Crippen molar-refractivity contribution >= 4 is 71.6 Å². The van der Waals surface area contributed by atoms with Crippen LogP contribution in [0.3, 0.4) is 0 Å². The summed E-state index contributed by atoms with van der Waals surface area (Å²) in [7, 11) is 0. The number of hydrogen-bond donors (Lipinski definition) is 0. The lowest BCUT2D eigenvalue weighted by atomic mass is 9.93. The molecule has 7 aromatic carbocycles. The molecule has 0 amide bonds. The summed E-state index contributed by atoms with van der Waals surface area (Å²) in [4.78, 5) is 5.33. The molecule has 50 heavy (non-hydrogen) atoms. The molecule has 0 fully saturated rings. The highest BCUT2D eigenvalue weighted by molar-refractivity contribution is 6.26. The standard InChI is InChI=1S/C47H29NO2/c1-3-13-30(14-4-1)32-17-11-22-40(31-15-5-2-6-16-31)48-41(27-32)36-21-12-24-43-47(36)38-26-25-33(28-44(38)50-43)39-29-45-46(35-19-8-7-18-34(35)39)37-20-9-10-23-42(37)49-45/h1-29H/b17-11?,22-11?,32-17?,32-27+,40-22?,41-27?,48-40?,48-41?. The molecule has 0 spiro atoms. The van der Waals surface area contributed by atoms with Crippen molar-refractivity contribution < 1.29 is 8.83 Å². The van der Waals surface area contributed by atoms with Gasteiger partial charge in [-0.25, -0.2) is 4.99 Å². The predicted octanol–water partition coefficient (Wildman–Crippen LogP) is 12.8. The molecule has 3 heteroatoms. The molecule has 10 rings (SSSR count). The van der Waals surface area contributed by atoms with Crippen molar-refractivity contribution in [1.82, 2.24) is 0 Å². The van der Waals surface area contributed by atoms with Crippen LogP contribution in [0.1, 0.15) is 16.7 Å². The molecule has 1 aliphatic rings. The van der Waals surface area contributed by atoms with Crippen LogP contribution in [-0.2, 0) is 0 Å². The summed E-state index contributed by atoms with van der Waals surface area (Å²) in [5.74, 6) is 0. The molecule has 1 aliphatic heterocycles. The Morgan fingerprint density at radius 2 is 1.10 bits per heavy atom. The van der Waals surface area contributed by atoms with E-state index in [0.717, 1.165) is 88.7 Å². The van der Waals surface area contributed by atoms with Gasteiger partial charge in [0.25, 0.3) is 0 Å². The Kier molecular flexibility index (Phi) is 6.49. The number of rotatable bonds is 4. The van der Waals surface area contributed by atoms with E-state index >= 15 is 0 Å². The van der Waals surface area contributed by atoms with Gasteiger partial charge in [-0.3, -0.25) is 0 Å². The number of fused-ring (bicyclic) bond motifs is 8. The van der Waals surface area contributed by atoms with Crippen molar-refractivity contribution in [3.8, 4) is 11.1 Å². The van der Waals surface area contributed by atoms with E-state index < -0.39 is 0 Å². The number of para-hydroxylation sites is 1. The molecule has 0 radical (unpaired) electrons. The quantitative estimate of drug-likeness (QED) is 0.192. The van der Waals surface area contributed by atoms with E-state index in [1.807, 2.05) is 30.3 Å². The van der Waals surface area contributed by atoms with Crippen LogP contribution < -0.4 is 0 Å². The third-order valence-corrected chi connectivity index (χ3v) is 9.71. The third kappa shape index (κ3) is 4.63. The van der Waals surface area contributed by atoms with Gasteiger partial charge in [-0.05, 0) is 75.5 Å². The van der Waals surface area contributed by atoms with Crippen LogP contribution in [0.25, 0.3) is 77.0 Å². The Labute approximate surface area is 288 Å². The minimum atomic E-state index is 0.826. The molecule has 0 saturated carbocycles. The van der Waals surface area contributed by atoms with Gasteiger partial charge in [0, 0.05) is 32.7 Å². The number of nitrogens with zero attached hydrogens (tertiary/aromatic N) is 1. The zero-order valence-corrected chi connectivity index (χ0v) is 27.0. The lowest BCUT2D eigenvalue weighted by Gasteiger charge is -2.12. The fourth-order valence-electron chi connectivity index (χ4n) is 7.39. The number of benzene rings is 7. The number of allylic oxidation sites excluding steroid dienone is 5. The van der Waals surface area contributed by atoms with E-state index in [1.165, 1.54) is 10.8 Å². The molecule has 0 aliphatic carbocycles. The second-order valence-electron chi connectivity index (χ2n) is 12.7. The molecule has 234 valence electrons. The minimum absolute atomic E-state index is 0.826. The van der Waals surface area contributed by atoms with Gasteiger partial charge in [-0.1, -0.05) is 133 Å². The SMILES string of the molecule is C1=C/C(c2ccccc2)=C\C(c2cccc3oc4cc(-c5cc6oc7ccccc7c6c6ccccc56)ccc4c23)=NC(c2ccccc2)=C1. The van der Waals surface area contributed by atoms with Gasteiger partial charge in [-0.2, -0.15) is 0 Å². The van der Waals surface area contributed by atoms with Crippen LogP contribution >= 0.6 is 0 Å². The molecule has 9 aromatic rings. The van der Waals surface area contributed by atoms with Crippen LogP contribution in [0, 0.1) is 0 Å². The van der Waals surface area contributed by atoms with Crippen molar-refractivity contribution in [2.75, 3.05) is 0 Å². The lowest BCUT2D eigenvalue weighted by molar-refractivity contribution is 0.668. The first kappa shape index (κ1) is 28.3. The molecule has 0 saturated heterocycles. The summed E-state index contributed by atoms with van der Waals surface area (Å²) < 4.78 is 13.0. The Balaban J connectivity index is 1.17. The highest BCUT2D eigenvalue weighted by atomic mass is 16.3. The molecule has 0 atom stereocenters. The zero-order valence-electron chi connectivity index (χ0n) is 27.0. The summed E-state index contributed by atoms with van der Waals surface area (Å²) in [6.07, 6.45) is 8.53. The van der Waals surface area contributed by atoms with Crippen molar-refractivity contribution in [2.45, 2.75) is 0 Å². The predicted molar refractivity (Wildman–Crippen MR) is 208 cm³/mol. The van der Waals surface area contributed by atoms with E-state index in [1.54, 1.807) is 0 Å². The lowest BCUT2D eigenvalue weighted by Crippen LogP contribution is -2.01.